The Morgan fingerprint density at radius 2 is 1.67 bits per heavy atom. The molecule has 4 aromatic rings. The molecule has 4 heteroatoms. The molecule has 0 aliphatic heterocycles. The number of ether oxygens (including phenoxy) is 1. The van der Waals surface area contributed by atoms with Crippen LogP contribution in [0.4, 0.5) is 0 Å². The van der Waals surface area contributed by atoms with Crippen LogP contribution in [-0.2, 0) is 13.2 Å². The van der Waals surface area contributed by atoms with Gasteiger partial charge >= 0.3 is 0 Å². The van der Waals surface area contributed by atoms with Gasteiger partial charge in [-0.05, 0) is 53.8 Å². The second kappa shape index (κ2) is 8.36. The van der Waals surface area contributed by atoms with Crippen LogP contribution in [0.2, 0.25) is 0 Å². The maximum atomic E-state index is 13.4. The van der Waals surface area contributed by atoms with Crippen molar-refractivity contribution < 1.29 is 14.3 Å². The van der Waals surface area contributed by atoms with Gasteiger partial charge in [0.2, 0.25) is 0 Å². The Hall–Kier alpha value is -3.66. The summed E-state index contributed by atoms with van der Waals surface area (Å²) in [6.45, 7) is 7.76. The van der Waals surface area contributed by atoms with E-state index in [0.29, 0.717) is 29.4 Å². The molecule has 4 nitrogen and oxygen atoms in total. The number of ketones is 2. The molecule has 0 saturated heterocycles. The molecule has 0 N–H and O–H groups in total. The van der Waals surface area contributed by atoms with E-state index in [-0.39, 0.29) is 11.6 Å². The van der Waals surface area contributed by atoms with Crippen molar-refractivity contribution in [2.75, 3.05) is 0 Å². The van der Waals surface area contributed by atoms with Crippen molar-refractivity contribution in [2.24, 2.45) is 5.92 Å². The van der Waals surface area contributed by atoms with E-state index in [0.717, 1.165) is 28.6 Å². The molecule has 0 fully saturated rings. The average molecular weight is 438 g/mol. The summed E-state index contributed by atoms with van der Waals surface area (Å²) in [4.78, 5) is 26.6. The highest BCUT2D eigenvalue weighted by Crippen LogP contribution is 2.37. The number of carbonyl (C=O) groups is 2. The summed E-state index contributed by atoms with van der Waals surface area (Å²) in [5.74, 6) is 0.00516. The van der Waals surface area contributed by atoms with Gasteiger partial charge in [0, 0.05) is 34.8 Å². The molecule has 1 unspecified atom stereocenters. The van der Waals surface area contributed by atoms with E-state index < -0.39 is 5.92 Å². The first kappa shape index (κ1) is 21.2. The fourth-order valence-electron chi connectivity index (χ4n) is 4.72. The lowest BCUT2D eigenvalue weighted by molar-refractivity contribution is 0.0890. The number of aryl methyl sites for hydroxylation is 1. The summed E-state index contributed by atoms with van der Waals surface area (Å²) < 4.78 is 8.12. The van der Waals surface area contributed by atoms with Gasteiger partial charge in [0.1, 0.15) is 18.3 Å². The van der Waals surface area contributed by atoms with Gasteiger partial charge in [0.25, 0.3) is 0 Å². The molecular formula is C29H27NO3. The third-order valence-electron chi connectivity index (χ3n) is 6.30. The van der Waals surface area contributed by atoms with Crippen LogP contribution in [0.15, 0.2) is 72.9 Å². The summed E-state index contributed by atoms with van der Waals surface area (Å²) in [7, 11) is 0. The van der Waals surface area contributed by atoms with Crippen molar-refractivity contribution in [1.82, 2.24) is 4.57 Å². The number of nitrogens with zero attached hydrogens (tertiary/aromatic N) is 1. The van der Waals surface area contributed by atoms with Crippen LogP contribution in [0, 0.1) is 12.8 Å². The molecule has 1 atom stereocenters. The fourth-order valence-corrected chi connectivity index (χ4v) is 4.72. The lowest BCUT2D eigenvalue weighted by atomic mass is 9.93. The van der Waals surface area contributed by atoms with E-state index in [1.54, 1.807) is 18.2 Å². The predicted octanol–water partition coefficient (Wildman–Crippen LogP) is 6.35. The minimum atomic E-state index is -0.795. The highest BCUT2D eigenvalue weighted by Gasteiger charge is 2.40. The second-order valence-corrected chi connectivity index (χ2v) is 9.28. The zero-order valence-electron chi connectivity index (χ0n) is 19.2. The van der Waals surface area contributed by atoms with Crippen LogP contribution in [0.5, 0.6) is 5.75 Å². The maximum absolute atomic E-state index is 13.4. The van der Waals surface area contributed by atoms with Gasteiger partial charge in [0.15, 0.2) is 11.6 Å². The molecule has 5 rings (SSSR count). The van der Waals surface area contributed by atoms with Crippen molar-refractivity contribution >= 4 is 22.5 Å². The number of benzene rings is 3. The topological polar surface area (TPSA) is 48.3 Å². The van der Waals surface area contributed by atoms with Crippen LogP contribution in [0.25, 0.3) is 10.9 Å². The molecule has 166 valence electrons. The molecule has 1 aliphatic rings. The van der Waals surface area contributed by atoms with Gasteiger partial charge in [-0.2, -0.15) is 0 Å². The standard InChI is InChI=1S/C29H27NO3/c1-18(2)15-30-16-19(3)23-11-9-21(13-26(23)30)27-28(31)24-12-10-22(14-25(24)29(27)32)33-17-20-7-5-4-6-8-20/h4-14,16,18,27H,15,17H2,1-3H3. The maximum Gasteiger partial charge on any atom is 0.178 e. The Labute approximate surface area is 193 Å². The van der Waals surface area contributed by atoms with E-state index in [2.05, 4.69) is 31.5 Å². The minimum absolute atomic E-state index is 0.136. The highest BCUT2D eigenvalue weighted by atomic mass is 16.5. The van der Waals surface area contributed by atoms with Crippen molar-refractivity contribution in [3.8, 4) is 5.75 Å². The van der Waals surface area contributed by atoms with Crippen LogP contribution in [0.3, 0.4) is 0 Å². The number of aromatic nitrogens is 1. The molecule has 33 heavy (non-hydrogen) atoms. The summed E-state index contributed by atoms with van der Waals surface area (Å²) in [6, 6.07) is 21.1. The fraction of sp³-hybridized carbons (Fsp3) is 0.241. The van der Waals surface area contributed by atoms with E-state index in [1.807, 2.05) is 48.5 Å². The van der Waals surface area contributed by atoms with Crippen LogP contribution in [-0.4, -0.2) is 16.1 Å². The third kappa shape index (κ3) is 3.86. The first-order valence-corrected chi connectivity index (χ1v) is 11.4. The number of fused-ring (bicyclic) bond motifs is 2. The SMILES string of the molecule is Cc1cn(CC(C)C)c2cc(C3C(=O)c4ccc(OCc5ccccc5)cc4C3=O)ccc12. The van der Waals surface area contributed by atoms with Gasteiger partial charge in [-0.15, -0.1) is 0 Å². The average Bonchev–Trinajstić information content (AvgIpc) is 3.25. The van der Waals surface area contributed by atoms with Gasteiger partial charge < -0.3 is 9.30 Å². The summed E-state index contributed by atoms with van der Waals surface area (Å²) in [5, 5.41) is 1.16. The first-order valence-electron chi connectivity index (χ1n) is 11.4. The van der Waals surface area contributed by atoms with E-state index in [9.17, 15) is 9.59 Å². The zero-order valence-corrected chi connectivity index (χ0v) is 19.2. The van der Waals surface area contributed by atoms with Crippen molar-refractivity contribution in [2.45, 2.75) is 39.8 Å². The molecule has 1 aliphatic carbocycles. The number of rotatable bonds is 6. The lowest BCUT2D eigenvalue weighted by Gasteiger charge is -2.11. The summed E-state index contributed by atoms with van der Waals surface area (Å²) in [5.41, 5.74) is 5.00. The molecule has 3 aromatic carbocycles. The van der Waals surface area contributed by atoms with Gasteiger partial charge in [0.05, 0.1) is 0 Å². The van der Waals surface area contributed by atoms with Crippen molar-refractivity contribution in [1.29, 1.82) is 0 Å². The second-order valence-electron chi connectivity index (χ2n) is 9.28. The Kier molecular flexibility index (Phi) is 5.37. The molecule has 0 saturated carbocycles. The normalized spacial score (nSPS) is 15.5. The molecule has 1 heterocycles. The van der Waals surface area contributed by atoms with E-state index in [1.165, 1.54) is 5.56 Å². The monoisotopic (exact) mass is 437 g/mol. The van der Waals surface area contributed by atoms with E-state index in [4.69, 9.17) is 4.74 Å². The molecule has 0 radical (unpaired) electrons. The van der Waals surface area contributed by atoms with Crippen LogP contribution < -0.4 is 4.74 Å². The predicted molar refractivity (Wildman–Crippen MR) is 130 cm³/mol. The quantitative estimate of drug-likeness (QED) is 0.330. The largest absolute Gasteiger partial charge is 0.489 e. The third-order valence-corrected chi connectivity index (χ3v) is 6.30. The first-order chi connectivity index (χ1) is 15.9. The summed E-state index contributed by atoms with van der Waals surface area (Å²) in [6.07, 6.45) is 2.15. The highest BCUT2D eigenvalue weighted by molar-refractivity contribution is 6.30. The van der Waals surface area contributed by atoms with Crippen LogP contribution >= 0.6 is 0 Å². The Morgan fingerprint density at radius 1 is 0.909 bits per heavy atom. The molecule has 1 aromatic heterocycles. The molecular weight excluding hydrogens is 410 g/mol. The zero-order chi connectivity index (χ0) is 23.1. The van der Waals surface area contributed by atoms with Gasteiger partial charge in [-0.25, -0.2) is 0 Å². The number of hydrogen-bond acceptors (Lipinski definition) is 3. The van der Waals surface area contributed by atoms with E-state index >= 15 is 0 Å². The van der Waals surface area contributed by atoms with Crippen molar-refractivity contribution in [3.05, 3.63) is 101 Å². The summed E-state index contributed by atoms with van der Waals surface area (Å²) >= 11 is 0. The Morgan fingerprint density at radius 3 is 2.42 bits per heavy atom. The molecule has 0 amide bonds. The van der Waals surface area contributed by atoms with Crippen LogP contribution in [0.1, 0.15) is 57.2 Å². The Balaban J connectivity index is 1.45. The lowest BCUT2D eigenvalue weighted by Crippen LogP contribution is -2.13. The minimum Gasteiger partial charge on any atom is -0.489 e. The molecule has 0 spiro atoms. The number of carbonyl (C=O) groups excluding carboxylic acids is 2. The number of Topliss-reactive ketones (excluding diaryl/α,β-unsaturated/α-hetero) is 2. The Bertz CT molecular complexity index is 1360. The smallest absolute Gasteiger partial charge is 0.178 e. The van der Waals surface area contributed by atoms with Crippen molar-refractivity contribution in [3.63, 3.8) is 0 Å². The van der Waals surface area contributed by atoms with Gasteiger partial charge in [-0.1, -0.05) is 56.3 Å². The molecule has 0 bridgehead atoms. The van der Waals surface area contributed by atoms with Gasteiger partial charge in [-0.3, -0.25) is 9.59 Å². The number of hydrogen-bond donors (Lipinski definition) is 0.